The summed E-state index contributed by atoms with van der Waals surface area (Å²) >= 11 is 0. The van der Waals surface area contributed by atoms with Crippen molar-refractivity contribution in [1.29, 1.82) is 0 Å². The Morgan fingerprint density at radius 1 is 1.00 bits per heavy atom. The van der Waals surface area contributed by atoms with Crippen molar-refractivity contribution in [1.82, 2.24) is 16.0 Å². The fourth-order valence-electron chi connectivity index (χ4n) is 5.38. The predicted octanol–water partition coefficient (Wildman–Crippen LogP) is 2.69. The number of hydrogen-bond donors (Lipinski definition) is 4. The number of alkyl carbamates (subject to hydrolysis) is 1. The van der Waals surface area contributed by atoms with Gasteiger partial charge in [-0.05, 0) is 45.1 Å². The standard InChI is InChI=1S/C32H47N3O9/c1-32(2,3)44-31(41)35-25(20-22-13-8-5-9-14-22)29(39)33-23-15-16-26(36)42-17-10-18-43-30(40)27(37)24(34-28(23)38)19-21-11-6-4-7-12-21/h5,8-9,13-14,21,23-25,27,37H,4,6-7,10-12,15-20H2,1-3H3,(H,33,39)(H,34,38)(H,35,41)/t23-,24-,25?,27+/m0/s1. The van der Waals surface area contributed by atoms with Crippen LogP contribution >= 0.6 is 0 Å². The SMILES string of the molecule is CC(C)(C)OC(=O)NC(Cc1ccccc1)C(=O)N[C@H]1CCC(=O)OCCCOC(=O)[C@H](O)[C@H](CC2CCCCC2)NC1=O. The lowest BCUT2D eigenvalue weighted by molar-refractivity contribution is -0.157. The van der Waals surface area contributed by atoms with Gasteiger partial charge in [0, 0.05) is 19.3 Å². The Bertz CT molecular complexity index is 1120. The molecule has 0 bridgehead atoms. The van der Waals surface area contributed by atoms with Crippen molar-refractivity contribution < 1.29 is 43.3 Å². The van der Waals surface area contributed by atoms with Gasteiger partial charge in [0.15, 0.2) is 6.10 Å². The smallest absolute Gasteiger partial charge is 0.408 e. The number of cyclic esters (lactones) is 2. The highest BCUT2D eigenvalue weighted by Crippen LogP contribution is 2.28. The summed E-state index contributed by atoms with van der Waals surface area (Å²) in [6.07, 6.45) is 3.04. The molecule has 1 aromatic rings. The molecule has 4 N–H and O–H groups in total. The number of carbonyl (C=O) groups excluding carboxylic acids is 5. The molecule has 12 nitrogen and oxygen atoms in total. The van der Waals surface area contributed by atoms with Gasteiger partial charge in [-0.3, -0.25) is 14.4 Å². The van der Waals surface area contributed by atoms with Gasteiger partial charge < -0.3 is 35.3 Å². The van der Waals surface area contributed by atoms with Crippen LogP contribution in [-0.2, 0) is 39.8 Å². The molecule has 0 radical (unpaired) electrons. The molecule has 1 saturated heterocycles. The van der Waals surface area contributed by atoms with E-state index in [1.54, 1.807) is 45.0 Å². The van der Waals surface area contributed by atoms with Gasteiger partial charge in [0.2, 0.25) is 11.8 Å². The summed E-state index contributed by atoms with van der Waals surface area (Å²) < 4.78 is 15.7. The van der Waals surface area contributed by atoms with Gasteiger partial charge in [-0.2, -0.15) is 0 Å². The first-order valence-corrected chi connectivity index (χ1v) is 15.6. The fourth-order valence-corrected chi connectivity index (χ4v) is 5.38. The van der Waals surface area contributed by atoms with Gasteiger partial charge in [-0.25, -0.2) is 9.59 Å². The van der Waals surface area contributed by atoms with Crippen molar-refractivity contribution in [3.63, 3.8) is 0 Å². The third-order valence-electron chi connectivity index (χ3n) is 7.62. The maximum atomic E-state index is 13.7. The highest BCUT2D eigenvalue weighted by Gasteiger charge is 2.35. The second-order valence-electron chi connectivity index (χ2n) is 12.5. The highest BCUT2D eigenvalue weighted by molar-refractivity contribution is 5.92. The lowest BCUT2D eigenvalue weighted by Gasteiger charge is -2.31. The largest absolute Gasteiger partial charge is 0.466 e. The second-order valence-corrected chi connectivity index (χ2v) is 12.5. The van der Waals surface area contributed by atoms with Crippen molar-refractivity contribution in [2.24, 2.45) is 5.92 Å². The molecule has 1 saturated carbocycles. The summed E-state index contributed by atoms with van der Waals surface area (Å²) in [6, 6.07) is 5.75. The van der Waals surface area contributed by atoms with Crippen LogP contribution in [0.3, 0.4) is 0 Å². The van der Waals surface area contributed by atoms with E-state index in [0.717, 1.165) is 37.7 Å². The molecule has 12 heteroatoms. The Morgan fingerprint density at radius 2 is 1.68 bits per heavy atom. The van der Waals surface area contributed by atoms with Crippen LogP contribution in [0.1, 0.15) is 84.1 Å². The van der Waals surface area contributed by atoms with E-state index in [0.29, 0.717) is 6.42 Å². The van der Waals surface area contributed by atoms with Gasteiger partial charge in [-0.15, -0.1) is 0 Å². The van der Waals surface area contributed by atoms with Crippen LogP contribution in [0.25, 0.3) is 0 Å². The van der Waals surface area contributed by atoms with Crippen molar-refractivity contribution in [3.8, 4) is 0 Å². The molecule has 4 atom stereocenters. The van der Waals surface area contributed by atoms with E-state index < -0.39 is 59.7 Å². The van der Waals surface area contributed by atoms with Crippen LogP contribution in [0.5, 0.6) is 0 Å². The topological polar surface area (TPSA) is 169 Å². The van der Waals surface area contributed by atoms with Crippen molar-refractivity contribution in [2.75, 3.05) is 13.2 Å². The number of rotatable bonds is 7. The van der Waals surface area contributed by atoms with Crippen LogP contribution < -0.4 is 16.0 Å². The van der Waals surface area contributed by atoms with Crippen LogP contribution in [0.4, 0.5) is 4.79 Å². The fraction of sp³-hybridized carbons (Fsp3) is 0.656. The molecule has 1 heterocycles. The molecule has 244 valence electrons. The Labute approximate surface area is 259 Å². The molecular weight excluding hydrogens is 570 g/mol. The average Bonchev–Trinajstić information content (AvgIpc) is 2.97. The zero-order valence-electron chi connectivity index (χ0n) is 26.0. The number of ether oxygens (including phenoxy) is 3. The number of carbonyl (C=O) groups is 5. The van der Waals surface area contributed by atoms with E-state index in [-0.39, 0.29) is 44.8 Å². The summed E-state index contributed by atoms with van der Waals surface area (Å²) in [4.78, 5) is 65.0. The number of hydrogen-bond acceptors (Lipinski definition) is 9. The normalized spacial score (nSPS) is 23.6. The van der Waals surface area contributed by atoms with Crippen molar-refractivity contribution in [2.45, 2.75) is 115 Å². The molecule has 3 amide bonds. The molecule has 1 aliphatic heterocycles. The minimum Gasteiger partial charge on any atom is -0.466 e. The van der Waals surface area contributed by atoms with Crippen molar-refractivity contribution >= 4 is 29.8 Å². The quantitative estimate of drug-likeness (QED) is 0.265. The van der Waals surface area contributed by atoms with E-state index in [2.05, 4.69) is 16.0 Å². The summed E-state index contributed by atoms with van der Waals surface area (Å²) in [5, 5.41) is 19.0. The van der Waals surface area contributed by atoms with Crippen molar-refractivity contribution in [3.05, 3.63) is 35.9 Å². The maximum Gasteiger partial charge on any atom is 0.408 e. The molecule has 1 aliphatic carbocycles. The monoisotopic (exact) mass is 617 g/mol. The molecule has 44 heavy (non-hydrogen) atoms. The number of aliphatic hydroxyl groups is 1. The van der Waals surface area contributed by atoms with Gasteiger partial charge in [-0.1, -0.05) is 62.4 Å². The first kappa shape index (κ1) is 34.8. The second kappa shape index (κ2) is 17.0. The lowest BCUT2D eigenvalue weighted by Crippen LogP contribution is -2.58. The van der Waals surface area contributed by atoms with E-state index >= 15 is 0 Å². The molecule has 0 spiro atoms. The zero-order chi connectivity index (χ0) is 32.1. The van der Waals surface area contributed by atoms with Crippen LogP contribution in [0.2, 0.25) is 0 Å². The van der Waals surface area contributed by atoms with E-state index in [1.807, 2.05) is 6.07 Å². The van der Waals surface area contributed by atoms with E-state index in [9.17, 15) is 29.1 Å². The highest BCUT2D eigenvalue weighted by atomic mass is 16.6. The first-order valence-electron chi connectivity index (χ1n) is 15.6. The predicted molar refractivity (Wildman–Crippen MR) is 160 cm³/mol. The molecule has 3 rings (SSSR count). The van der Waals surface area contributed by atoms with E-state index in [4.69, 9.17) is 14.2 Å². The molecule has 1 unspecified atom stereocenters. The Morgan fingerprint density at radius 3 is 2.36 bits per heavy atom. The number of amides is 3. The number of nitrogens with one attached hydrogen (secondary N) is 3. The Hall–Kier alpha value is -3.67. The summed E-state index contributed by atoms with van der Waals surface area (Å²) in [7, 11) is 0. The number of esters is 2. The zero-order valence-corrected chi connectivity index (χ0v) is 26.0. The van der Waals surface area contributed by atoms with Gasteiger partial charge in [0.05, 0.1) is 19.3 Å². The molecule has 2 fully saturated rings. The van der Waals surface area contributed by atoms with Crippen LogP contribution in [-0.4, -0.2) is 78.0 Å². The molecular formula is C32H47N3O9. The number of benzene rings is 1. The summed E-state index contributed by atoms with van der Waals surface area (Å²) in [6.45, 7) is 5.05. The average molecular weight is 618 g/mol. The molecule has 1 aromatic carbocycles. The minimum absolute atomic E-state index is 0.00408. The first-order chi connectivity index (χ1) is 20.9. The third-order valence-corrected chi connectivity index (χ3v) is 7.62. The maximum absolute atomic E-state index is 13.7. The van der Waals surface area contributed by atoms with Gasteiger partial charge in [0.1, 0.15) is 17.7 Å². The lowest BCUT2D eigenvalue weighted by atomic mass is 9.83. The van der Waals surface area contributed by atoms with Crippen LogP contribution in [0.15, 0.2) is 30.3 Å². The summed E-state index contributed by atoms with van der Waals surface area (Å²) in [5.41, 5.74) is -0.0460. The molecule has 0 aromatic heterocycles. The van der Waals surface area contributed by atoms with Gasteiger partial charge >= 0.3 is 18.0 Å². The van der Waals surface area contributed by atoms with E-state index in [1.165, 1.54) is 0 Å². The Kier molecular flexibility index (Phi) is 13.4. The summed E-state index contributed by atoms with van der Waals surface area (Å²) in [5.74, 6) is -2.59. The van der Waals surface area contributed by atoms with Gasteiger partial charge in [0.25, 0.3) is 0 Å². The third kappa shape index (κ3) is 12.1. The Balaban J connectivity index is 1.83. The minimum atomic E-state index is -1.61. The van der Waals surface area contributed by atoms with Crippen LogP contribution in [0, 0.1) is 5.92 Å². The number of aliphatic hydroxyl groups excluding tert-OH is 1. The molecule has 2 aliphatic rings.